The average molecular weight is 265 g/mol. The zero-order valence-corrected chi connectivity index (χ0v) is 12.0. The van der Waals surface area contributed by atoms with Gasteiger partial charge in [0.05, 0.1) is 0 Å². The summed E-state index contributed by atoms with van der Waals surface area (Å²) in [5.74, 6) is 0.385. The van der Waals surface area contributed by atoms with Crippen molar-refractivity contribution < 1.29 is 14.3 Å². The lowest BCUT2D eigenvalue weighted by Gasteiger charge is -2.38. The first-order valence-electron chi connectivity index (χ1n) is 7.34. The highest BCUT2D eigenvalue weighted by molar-refractivity contribution is 5.88. The molecule has 2 bridgehead atoms. The molecule has 106 valence electrons. The topological polar surface area (TPSA) is 55.4 Å². The predicted molar refractivity (Wildman–Crippen MR) is 70.3 cm³/mol. The Morgan fingerprint density at radius 3 is 2.53 bits per heavy atom. The summed E-state index contributed by atoms with van der Waals surface area (Å²) < 4.78 is 5.76. The van der Waals surface area contributed by atoms with E-state index in [2.05, 4.69) is 26.1 Å². The van der Waals surface area contributed by atoms with Gasteiger partial charge in [0.1, 0.15) is 12.1 Å². The summed E-state index contributed by atoms with van der Waals surface area (Å²) in [5.41, 5.74) is 0.340. The minimum absolute atomic E-state index is 0.0197. The third kappa shape index (κ3) is 1.72. The molecule has 4 heteroatoms. The Morgan fingerprint density at radius 2 is 2.05 bits per heavy atom. The molecule has 1 saturated heterocycles. The highest BCUT2D eigenvalue weighted by atomic mass is 16.5. The van der Waals surface area contributed by atoms with Gasteiger partial charge in [0.2, 0.25) is 5.91 Å². The van der Waals surface area contributed by atoms with Crippen LogP contribution < -0.4 is 5.32 Å². The van der Waals surface area contributed by atoms with Gasteiger partial charge >= 0.3 is 5.97 Å². The van der Waals surface area contributed by atoms with Crippen LogP contribution in [0.2, 0.25) is 0 Å². The van der Waals surface area contributed by atoms with Crippen LogP contribution in [0.3, 0.4) is 0 Å². The number of fused-ring (bicyclic) bond motifs is 2. The van der Waals surface area contributed by atoms with Crippen molar-refractivity contribution >= 4 is 11.9 Å². The summed E-state index contributed by atoms with van der Waals surface area (Å²) in [6, 6.07) is -0.418. The number of carbonyl (C=O) groups excluding carboxylic acids is 2. The monoisotopic (exact) mass is 265 g/mol. The number of ether oxygens (including phenoxy) is 1. The predicted octanol–water partition coefficient (Wildman–Crippen LogP) is 2.02. The van der Waals surface area contributed by atoms with Crippen molar-refractivity contribution in [2.45, 2.75) is 65.0 Å². The Bertz CT molecular complexity index is 431. The molecule has 1 heterocycles. The van der Waals surface area contributed by atoms with Gasteiger partial charge in [-0.05, 0) is 37.0 Å². The maximum atomic E-state index is 12.1. The number of hydrogen-bond acceptors (Lipinski definition) is 3. The van der Waals surface area contributed by atoms with E-state index in [-0.39, 0.29) is 28.8 Å². The summed E-state index contributed by atoms with van der Waals surface area (Å²) in [6.07, 6.45) is 4.41. The van der Waals surface area contributed by atoms with E-state index in [1.54, 1.807) is 0 Å². The largest absolute Gasteiger partial charge is 0.460 e. The van der Waals surface area contributed by atoms with Gasteiger partial charge in [-0.2, -0.15) is 0 Å². The average Bonchev–Trinajstić information content (AvgIpc) is 2.91. The molecule has 3 fully saturated rings. The molecule has 3 rings (SSSR count). The zero-order chi connectivity index (χ0) is 13.8. The first-order valence-corrected chi connectivity index (χ1v) is 7.34. The van der Waals surface area contributed by atoms with Gasteiger partial charge < -0.3 is 10.1 Å². The summed E-state index contributed by atoms with van der Waals surface area (Å²) in [6.45, 7) is 6.86. The lowest BCUT2D eigenvalue weighted by atomic mass is 9.70. The molecule has 1 N–H and O–H groups in total. The second kappa shape index (κ2) is 3.97. The molecule has 3 aliphatic rings. The number of amides is 1. The molecule has 4 nitrogen and oxygen atoms in total. The van der Waals surface area contributed by atoms with E-state index in [1.165, 1.54) is 6.42 Å². The summed E-state index contributed by atoms with van der Waals surface area (Å²) in [7, 11) is 0. The molecule has 1 amide bonds. The lowest BCUT2D eigenvalue weighted by Crippen LogP contribution is -2.42. The van der Waals surface area contributed by atoms with Crippen molar-refractivity contribution in [1.82, 2.24) is 5.32 Å². The molecule has 1 unspecified atom stereocenters. The lowest BCUT2D eigenvalue weighted by molar-refractivity contribution is -0.159. The van der Waals surface area contributed by atoms with Crippen LogP contribution in [-0.4, -0.2) is 24.0 Å². The Labute approximate surface area is 114 Å². The minimum Gasteiger partial charge on any atom is -0.460 e. The molecule has 0 aromatic rings. The summed E-state index contributed by atoms with van der Waals surface area (Å²) >= 11 is 0. The van der Waals surface area contributed by atoms with E-state index in [9.17, 15) is 9.59 Å². The van der Waals surface area contributed by atoms with Crippen molar-refractivity contribution in [3.05, 3.63) is 0 Å². The molecule has 2 saturated carbocycles. The zero-order valence-electron chi connectivity index (χ0n) is 12.0. The SMILES string of the molecule is CC1(C)[C@@H]2CC[C@@]1(C)[C@@H](OC(=O)C1CCC(=O)N1)C2. The molecule has 19 heavy (non-hydrogen) atoms. The van der Waals surface area contributed by atoms with Crippen molar-refractivity contribution in [3.8, 4) is 0 Å². The summed E-state index contributed by atoms with van der Waals surface area (Å²) in [4.78, 5) is 23.3. The summed E-state index contributed by atoms with van der Waals surface area (Å²) in [5, 5.41) is 2.69. The quantitative estimate of drug-likeness (QED) is 0.777. The second-order valence-electron chi connectivity index (χ2n) is 7.19. The maximum absolute atomic E-state index is 12.1. The van der Waals surface area contributed by atoms with Gasteiger partial charge in [-0.1, -0.05) is 20.8 Å². The first kappa shape index (κ1) is 12.9. The van der Waals surface area contributed by atoms with E-state index in [4.69, 9.17) is 4.74 Å². The number of rotatable bonds is 2. The van der Waals surface area contributed by atoms with Gasteiger partial charge in [-0.15, -0.1) is 0 Å². The number of nitrogens with one attached hydrogen (secondary N) is 1. The Kier molecular flexibility index (Phi) is 2.70. The molecule has 0 aromatic heterocycles. The van der Waals surface area contributed by atoms with Gasteiger partial charge in [-0.25, -0.2) is 4.79 Å². The van der Waals surface area contributed by atoms with Gasteiger partial charge in [-0.3, -0.25) is 4.79 Å². The number of hydrogen-bond donors (Lipinski definition) is 1. The maximum Gasteiger partial charge on any atom is 0.328 e. The van der Waals surface area contributed by atoms with E-state index in [1.807, 2.05) is 0 Å². The van der Waals surface area contributed by atoms with Gasteiger partial charge in [0.25, 0.3) is 0 Å². The van der Waals surface area contributed by atoms with Crippen LogP contribution in [0, 0.1) is 16.7 Å². The Morgan fingerprint density at radius 1 is 1.32 bits per heavy atom. The minimum atomic E-state index is -0.418. The van der Waals surface area contributed by atoms with Crippen LogP contribution in [0.5, 0.6) is 0 Å². The standard InChI is InChI=1S/C15H23NO3/c1-14(2)9-6-7-15(14,3)11(8-9)19-13(18)10-4-5-12(17)16-10/h9-11H,4-8H2,1-3H3,(H,16,17)/t9-,10?,11+,15+/m1/s1. The van der Waals surface area contributed by atoms with Crippen LogP contribution in [0.4, 0.5) is 0 Å². The normalized spacial score (nSPS) is 43.3. The molecule has 0 aromatic carbocycles. The molecule has 1 aliphatic heterocycles. The van der Waals surface area contributed by atoms with Crippen molar-refractivity contribution in [2.75, 3.05) is 0 Å². The highest BCUT2D eigenvalue weighted by Crippen LogP contribution is 2.66. The third-order valence-corrected chi connectivity index (χ3v) is 6.25. The number of esters is 1. The fraction of sp³-hybridized carbons (Fsp3) is 0.867. The van der Waals surface area contributed by atoms with Crippen LogP contribution in [-0.2, 0) is 14.3 Å². The highest BCUT2D eigenvalue weighted by Gasteiger charge is 2.63. The molecular formula is C15H23NO3. The third-order valence-electron chi connectivity index (χ3n) is 6.25. The van der Waals surface area contributed by atoms with Crippen molar-refractivity contribution in [1.29, 1.82) is 0 Å². The van der Waals surface area contributed by atoms with Crippen molar-refractivity contribution in [2.24, 2.45) is 16.7 Å². The van der Waals surface area contributed by atoms with Crippen LogP contribution in [0.15, 0.2) is 0 Å². The molecular weight excluding hydrogens is 242 g/mol. The fourth-order valence-electron chi connectivity index (χ4n) is 4.32. The van der Waals surface area contributed by atoms with Gasteiger partial charge in [0, 0.05) is 11.8 Å². The molecule has 0 radical (unpaired) electrons. The number of carbonyl (C=O) groups is 2. The van der Waals surface area contributed by atoms with E-state index in [0.717, 1.165) is 12.8 Å². The smallest absolute Gasteiger partial charge is 0.328 e. The first-order chi connectivity index (χ1) is 8.84. The molecule has 2 aliphatic carbocycles. The Hall–Kier alpha value is -1.06. The van der Waals surface area contributed by atoms with E-state index >= 15 is 0 Å². The van der Waals surface area contributed by atoms with Crippen LogP contribution >= 0.6 is 0 Å². The fourth-order valence-corrected chi connectivity index (χ4v) is 4.32. The van der Waals surface area contributed by atoms with Crippen molar-refractivity contribution in [3.63, 3.8) is 0 Å². The Balaban J connectivity index is 1.69. The second-order valence-corrected chi connectivity index (χ2v) is 7.19. The van der Waals surface area contributed by atoms with E-state index < -0.39 is 6.04 Å². The van der Waals surface area contributed by atoms with Crippen LogP contribution in [0.25, 0.3) is 0 Å². The molecule has 0 spiro atoms. The van der Waals surface area contributed by atoms with E-state index in [0.29, 0.717) is 18.8 Å². The van der Waals surface area contributed by atoms with Gasteiger partial charge in [0.15, 0.2) is 0 Å². The molecule has 4 atom stereocenters. The van der Waals surface area contributed by atoms with Crippen LogP contribution in [0.1, 0.15) is 52.9 Å².